The second-order valence-corrected chi connectivity index (χ2v) is 15.8. The number of halogens is 3. The van der Waals surface area contributed by atoms with E-state index in [1.54, 1.807) is 17.3 Å². The molecule has 0 bridgehead atoms. The number of carbonyl (C=O) groups excluding carboxylic acids is 2. The molecule has 4 heterocycles. The van der Waals surface area contributed by atoms with Crippen LogP contribution in [0.4, 0.5) is 11.9 Å². The van der Waals surface area contributed by atoms with Crippen molar-refractivity contribution in [1.82, 2.24) is 40.1 Å². The van der Waals surface area contributed by atoms with Gasteiger partial charge in [-0.25, -0.2) is 19.9 Å². The number of H-pyrrole nitrogens is 2. The highest BCUT2D eigenvalue weighted by Gasteiger charge is 2.27. The molecule has 4 atom stereocenters. The second-order valence-electron chi connectivity index (χ2n) is 14.6. The minimum absolute atomic E-state index is 0.0417. The summed E-state index contributed by atoms with van der Waals surface area (Å²) in [6.45, 7) is 6.66. The number of hydrogen-bond acceptors (Lipinski definition) is 9. The van der Waals surface area contributed by atoms with E-state index < -0.39 is 5.24 Å². The number of carbonyl (C=O) groups is 2. The van der Waals surface area contributed by atoms with Crippen molar-refractivity contribution in [2.24, 2.45) is 0 Å². The lowest BCUT2D eigenvalue weighted by atomic mass is 9.90. The number of allylic oxidation sites excluding steroid dienone is 1. The Bertz CT molecular complexity index is 2400. The number of para-hydroxylation sites is 2. The van der Waals surface area contributed by atoms with E-state index >= 15 is 0 Å². The van der Waals surface area contributed by atoms with Crippen molar-refractivity contribution in [1.29, 1.82) is 0 Å². The molecule has 0 saturated heterocycles. The summed E-state index contributed by atoms with van der Waals surface area (Å²) in [4.78, 5) is 47.9. The van der Waals surface area contributed by atoms with E-state index in [0.717, 1.165) is 83.2 Å². The first-order chi connectivity index (χ1) is 28.6. The molecule has 59 heavy (non-hydrogen) atoms. The van der Waals surface area contributed by atoms with Crippen LogP contribution in [0.15, 0.2) is 98.6 Å². The van der Waals surface area contributed by atoms with Crippen molar-refractivity contribution in [2.75, 3.05) is 24.7 Å². The molecule has 0 spiro atoms. The van der Waals surface area contributed by atoms with Crippen molar-refractivity contribution in [2.45, 2.75) is 75.5 Å². The maximum Gasteiger partial charge on any atom is 0.245 e. The predicted molar refractivity (Wildman–Crippen MR) is 241 cm³/mol. The summed E-state index contributed by atoms with van der Waals surface area (Å²) in [6, 6.07) is 17.6. The Labute approximate surface area is 359 Å². The highest BCUT2D eigenvalue weighted by atomic mass is 35.5. The summed E-state index contributed by atoms with van der Waals surface area (Å²) in [7, 11) is 3.87. The van der Waals surface area contributed by atoms with Crippen LogP contribution in [0.3, 0.4) is 0 Å². The highest BCUT2D eigenvalue weighted by Crippen LogP contribution is 2.34. The zero-order chi connectivity index (χ0) is 41.9. The Morgan fingerprint density at radius 3 is 1.71 bits per heavy atom. The summed E-state index contributed by atoms with van der Waals surface area (Å²) in [5.74, 6) is 1.16. The molecule has 2 saturated carbocycles. The molecule has 2 aromatic carbocycles. The van der Waals surface area contributed by atoms with Crippen molar-refractivity contribution in [3.05, 3.63) is 109 Å². The van der Waals surface area contributed by atoms with E-state index in [-0.39, 0.29) is 18.0 Å². The second kappa shape index (κ2) is 20.6. The molecule has 2 aliphatic rings. The van der Waals surface area contributed by atoms with Crippen LogP contribution in [-0.4, -0.2) is 84.2 Å². The van der Waals surface area contributed by atoms with Crippen LogP contribution in [0, 0.1) is 0 Å². The summed E-state index contributed by atoms with van der Waals surface area (Å²) >= 11 is 17.5. The molecular formula is C44H49Cl3N10O2. The van der Waals surface area contributed by atoms with Gasteiger partial charge in [0.2, 0.25) is 23.0 Å². The molecule has 5 N–H and O–H groups in total. The van der Waals surface area contributed by atoms with E-state index in [0.29, 0.717) is 39.7 Å². The number of nitrogens with zero attached hydrogens (tertiary/aromatic N) is 5. The molecule has 0 aliphatic heterocycles. The summed E-state index contributed by atoms with van der Waals surface area (Å²) in [6.07, 6.45) is 18.2. The fourth-order valence-corrected chi connectivity index (χ4v) is 8.09. The van der Waals surface area contributed by atoms with Gasteiger partial charge in [0.1, 0.15) is 0 Å². The Morgan fingerprint density at radius 2 is 1.22 bits per heavy atom. The highest BCUT2D eigenvalue weighted by molar-refractivity contribution is 6.66. The Kier molecular flexibility index (Phi) is 15.1. The first-order valence-corrected chi connectivity index (χ1v) is 20.8. The molecule has 0 unspecified atom stereocenters. The fraction of sp³-hybridized carbons (Fsp3) is 0.318. The normalized spacial score (nSPS) is 18.7. The number of hydrogen-bond donors (Lipinski definition) is 5. The van der Waals surface area contributed by atoms with Gasteiger partial charge in [-0.05, 0) is 94.3 Å². The van der Waals surface area contributed by atoms with E-state index in [1.165, 1.54) is 18.9 Å². The molecule has 12 nitrogen and oxygen atoms in total. The van der Waals surface area contributed by atoms with Gasteiger partial charge in [0.25, 0.3) is 0 Å². The summed E-state index contributed by atoms with van der Waals surface area (Å²) in [5, 5.41) is 13.1. The Hall–Kier alpha value is -5.27. The lowest BCUT2D eigenvalue weighted by Crippen LogP contribution is -2.42. The molecule has 15 heteroatoms. The zero-order valence-electron chi connectivity index (χ0n) is 33.1. The zero-order valence-corrected chi connectivity index (χ0v) is 35.4. The van der Waals surface area contributed by atoms with Gasteiger partial charge < -0.3 is 30.8 Å². The van der Waals surface area contributed by atoms with Crippen LogP contribution >= 0.6 is 34.8 Å². The molecule has 0 radical (unpaired) electrons. The Balaban J connectivity index is 0.000000180. The van der Waals surface area contributed by atoms with Gasteiger partial charge in [0.15, 0.2) is 0 Å². The average molecular weight is 856 g/mol. The maximum atomic E-state index is 11.9. The number of likely N-dealkylation sites (N-methyl/N-ethyl adjacent to an activating group) is 1. The van der Waals surface area contributed by atoms with E-state index in [2.05, 4.69) is 55.1 Å². The summed E-state index contributed by atoms with van der Waals surface area (Å²) in [5.41, 5.74) is 5.53. The number of aromatic amines is 2. The third kappa shape index (κ3) is 11.1. The summed E-state index contributed by atoms with van der Waals surface area (Å²) < 4.78 is 0. The molecule has 2 aliphatic carbocycles. The predicted octanol–water partition coefficient (Wildman–Crippen LogP) is 9.80. The minimum Gasteiger partial charge on any atom is -0.360 e. The molecule has 6 aromatic rings. The molecule has 1 amide bonds. The Morgan fingerprint density at radius 1 is 0.746 bits per heavy atom. The van der Waals surface area contributed by atoms with Gasteiger partial charge in [-0.1, -0.05) is 72.8 Å². The van der Waals surface area contributed by atoms with Crippen molar-refractivity contribution >= 4 is 79.7 Å². The molecule has 8 rings (SSSR count). The molecule has 4 aromatic heterocycles. The van der Waals surface area contributed by atoms with Crippen LogP contribution in [0.1, 0.15) is 51.4 Å². The van der Waals surface area contributed by atoms with Gasteiger partial charge >= 0.3 is 0 Å². The quantitative estimate of drug-likeness (QED) is 0.0669. The lowest BCUT2D eigenvalue weighted by Gasteiger charge is -2.35. The van der Waals surface area contributed by atoms with Crippen molar-refractivity contribution in [3.63, 3.8) is 0 Å². The third-order valence-corrected chi connectivity index (χ3v) is 11.5. The van der Waals surface area contributed by atoms with Crippen LogP contribution in [0.5, 0.6) is 0 Å². The number of nitrogens with one attached hydrogen (secondary N) is 5. The standard InChI is InChI=1S/C22H24ClN5O.C19H22ClN5.C3H3ClO/c1-3-20(29)28(2)15-8-6-7-14(11-15)26-22-25-13-18(23)21(27-22)17-12-24-19-10-5-4-9-16(17)19;1-21-12-5-4-6-13(9-12)24-19-23-11-16(20)18(25-19)15-10-22-17-8-3-2-7-14(15)17;1-2-3(4)5/h3-5,9-10,12-15,24H,1,6-8,11H2,2H3,(H,25,26,27);2-3,7-8,10-13,21-22H,4-6,9H2,1H3,(H,23,24,25);2H,1H2/t14-,15+;12-,13+;/m10./s1. The van der Waals surface area contributed by atoms with Crippen molar-refractivity contribution in [3.8, 4) is 22.5 Å². The number of fused-ring (bicyclic) bond motifs is 2. The number of rotatable bonds is 10. The third-order valence-electron chi connectivity index (χ3n) is 10.8. The molecule has 308 valence electrons. The van der Waals surface area contributed by atoms with Gasteiger partial charge in [0, 0.05) is 76.5 Å². The van der Waals surface area contributed by atoms with Gasteiger partial charge in [-0.15, -0.1) is 0 Å². The first-order valence-electron chi connectivity index (χ1n) is 19.7. The largest absolute Gasteiger partial charge is 0.360 e. The van der Waals surface area contributed by atoms with E-state index in [9.17, 15) is 9.59 Å². The maximum absolute atomic E-state index is 11.9. The van der Waals surface area contributed by atoms with Crippen LogP contribution in [0.25, 0.3) is 44.3 Å². The number of aromatic nitrogens is 6. The number of benzene rings is 2. The number of amides is 1. The van der Waals surface area contributed by atoms with Crippen molar-refractivity contribution < 1.29 is 9.59 Å². The van der Waals surface area contributed by atoms with Gasteiger partial charge in [-0.3, -0.25) is 9.59 Å². The minimum atomic E-state index is -0.509. The fourth-order valence-electron chi connectivity index (χ4n) is 7.70. The van der Waals surface area contributed by atoms with E-state index in [4.69, 9.17) is 44.8 Å². The lowest BCUT2D eigenvalue weighted by molar-refractivity contribution is -0.127. The number of anilines is 2. The average Bonchev–Trinajstić information content (AvgIpc) is 3.90. The van der Waals surface area contributed by atoms with E-state index in [1.807, 2.05) is 69.0 Å². The van der Waals surface area contributed by atoms with Gasteiger partial charge in [0.05, 0.1) is 33.8 Å². The monoisotopic (exact) mass is 854 g/mol. The molecule has 2 fully saturated rings. The SMILES string of the molecule is C=CC(=O)Cl.C=CC(=O)N(C)[C@H]1CCC[C@@H](Nc2ncc(Cl)c(-c3c[nH]c4ccccc34)n2)C1.CN[C@H]1CCC[C@@H](Nc2ncc(Cl)c(-c3c[nH]c4ccccc34)n2)C1. The first kappa shape index (κ1) is 43.3. The van der Waals surface area contributed by atoms with Crippen LogP contribution < -0.4 is 16.0 Å². The smallest absolute Gasteiger partial charge is 0.245 e. The topological polar surface area (TPSA) is 157 Å². The van der Waals surface area contributed by atoms with Crippen LogP contribution in [-0.2, 0) is 9.59 Å². The van der Waals surface area contributed by atoms with Crippen LogP contribution in [0.2, 0.25) is 10.0 Å². The molecular weight excluding hydrogens is 807 g/mol. The van der Waals surface area contributed by atoms with Gasteiger partial charge in [-0.2, -0.15) is 0 Å².